The third-order valence-corrected chi connectivity index (χ3v) is 4.79. The zero-order chi connectivity index (χ0) is 17.3. The first-order valence-corrected chi connectivity index (χ1v) is 10.1. The number of halogens is 1. The van der Waals surface area contributed by atoms with Crippen LogP contribution in [0.2, 0.25) is 5.02 Å². The van der Waals surface area contributed by atoms with Crippen LogP contribution in [0.15, 0.2) is 24.3 Å². The summed E-state index contributed by atoms with van der Waals surface area (Å²) in [5.41, 5.74) is 0.517. The van der Waals surface area contributed by atoms with Gasteiger partial charge in [-0.3, -0.25) is 9.10 Å². The van der Waals surface area contributed by atoms with Gasteiger partial charge in [-0.25, -0.2) is 8.42 Å². The topological polar surface area (TPSA) is 66.5 Å². The molecule has 0 saturated heterocycles. The van der Waals surface area contributed by atoms with Crippen molar-refractivity contribution in [2.45, 2.75) is 39.0 Å². The van der Waals surface area contributed by atoms with Crippen LogP contribution in [0.5, 0.6) is 0 Å². The summed E-state index contributed by atoms with van der Waals surface area (Å²) in [4.78, 5) is 11.7. The van der Waals surface area contributed by atoms with Crippen molar-refractivity contribution >= 4 is 33.2 Å². The highest BCUT2D eigenvalue weighted by Crippen LogP contribution is 2.22. The number of anilines is 1. The number of carbonyl (C=O) groups is 1. The number of unbranched alkanes of at least 4 members (excludes halogenated alkanes) is 2. The van der Waals surface area contributed by atoms with Gasteiger partial charge in [0.2, 0.25) is 15.9 Å². The average molecular weight is 361 g/mol. The molecule has 0 fully saturated rings. The fourth-order valence-electron chi connectivity index (χ4n) is 2.19. The molecule has 1 aromatic rings. The summed E-state index contributed by atoms with van der Waals surface area (Å²) in [6, 6.07) is 6.69. The van der Waals surface area contributed by atoms with E-state index in [-0.39, 0.29) is 12.5 Å². The standard InChI is InChI=1S/C16H25ClN2O3S/c1-3-4-5-11-18-16(20)10-7-12-19(23(2,21)22)15-9-6-8-14(17)13-15/h6,8-9,13H,3-5,7,10-12H2,1-2H3,(H,18,20). The number of rotatable bonds is 10. The SMILES string of the molecule is CCCCCNC(=O)CCCN(c1cccc(Cl)c1)S(C)(=O)=O. The molecule has 1 rings (SSSR count). The Labute approximate surface area is 144 Å². The molecule has 0 radical (unpaired) electrons. The molecule has 130 valence electrons. The van der Waals surface area contributed by atoms with E-state index >= 15 is 0 Å². The largest absolute Gasteiger partial charge is 0.356 e. The Kier molecular flexibility index (Phi) is 8.41. The van der Waals surface area contributed by atoms with Crippen molar-refractivity contribution in [3.8, 4) is 0 Å². The maximum atomic E-state index is 11.9. The van der Waals surface area contributed by atoms with Gasteiger partial charge in [-0.2, -0.15) is 0 Å². The summed E-state index contributed by atoms with van der Waals surface area (Å²) in [7, 11) is -3.41. The number of sulfonamides is 1. The van der Waals surface area contributed by atoms with Crippen molar-refractivity contribution in [2.24, 2.45) is 0 Å². The minimum Gasteiger partial charge on any atom is -0.356 e. The Morgan fingerprint density at radius 1 is 1.26 bits per heavy atom. The van der Waals surface area contributed by atoms with Gasteiger partial charge in [0.15, 0.2) is 0 Å². The molecular weight excluding hydrogens is 336 g/mol. The normalized spacial score (nSPS) is 11.3. The highest BCUT2D eigenvalue weighted by atomic mass is 35.5. The molecule has 5 nitrogen and oxygen atoms in total. The summed E-state index contributed by atoms with van der Waals surface area (Å²) >= 11 is 5.92. The number of nitrogens with zero attached hydrogens (tertiary/aromatic N) is 1. The number of hydrogen-bond acceptors (Lipinski definition) is 3. The number of hydrogen-bond donors (Lipinski definition) is 1. The summed E-state index contributed by atoms with van der Waals surface area (Å²) < 4.78 is 25.2. The molecule has 0 aliphatic rings. The lowest BCUT2D eigenvalue weighted by molar-refractivity contribution is -0.121. The van der Waals surface area contributed by atoms with Gasteiger partial charge in [0.25, 0.3) is 0 Å². The summed E-state index contributed by atoms with van der Waals surface area (Å²) in [6.07, 6.45) is 5.09. The van der Waals surface area contributed by atoms with Crippen LogP contribution in [-0.4, -0.2) is 33.7 Å². The van der Waals surface area contributed by atoms with Crippen molar-refractivity contribution < 1.29 is 13.2 Å². The Morgan fingerprint density at radius 2 is 2.00 bits per heavy atom. The molecule has 0 bridgehead atoms. The maximum absolute atomic E-state index is 11.9. The van der Waals surface area contributed by atoms with Crippen molar-refractivity contribution in [1.82, 2.24) is 5.32 Å². The Bertz CT molecular complexity index is 605. The van der Waals surface area contributed by atoms with E-state index in [9.17, 15) is 13.2 Å². The van der Waals surface area contributed by atoms with Gasteiger partial charge in [0, 0.05) is 24.5 Å². The molecule has 1 amide bonds. The van der Waals surface area contributed by atoms with Crippen LogP contribution in [0, 0.1) is 0 Å². The number of nitrogens with one attached hydrogen (secondary N) is 1. The molecule has 23 heavy (non-hydrogen) atoms. The van der Waals surface area contributed by atoms with Crippen molar-refractivity contribution in [3.05, 3.63) is 29.3 Å². The van der Waals surface area contributed by atoms with Gasteiger partial charge < -0.3 is 5.32 Å². The Balaban J connectivity index is 2.52. The monoisotopic (exact) mass is 360 g/mol. The lowest BCUT2D eigenvalue weighted by atomic mass is 10.2. The number of carbonyl (C=O) groups excluding carboxylic acids is 1. The van der Waals surface area contributed by atoms with Crippen LogP contribution in [0.25, 0.3) is 0 Å². The summed E-state index contributed by atoms with van der Waals surface area (Å²) in [5.74, 6) is -0.0411. The van der Waals surface area contributed by atoms with Crippen LogP contribution >= 0.6 is 11.6 Å². The summed E-state index contributed by atoms with van der Waals surface area (Å²) in [6.45, 7) is 3.04. The highest BCUT2D eigenvalue weighted by Gasteiger charge is 2.17. The van der Waals surface area contributed by atoms with E-state index in [4.69, 9.17) is 11.6 Å². The Hall–Kier alpha value is -1.27. The van der Waals surface area contributed by atoms with E-state index in [0.29, 0.717) is 30.1 Å². The van der Waals surface area contributed by atoms with Crippen LogP contribution in [0.3, 0.4) is 0 Å². The quantitative estimate of drug-likeness (QED) is 0.651. The lowest BCUT2D eigenvalue weighted by Crippen LogP contribution is -2.32. The van der Waals surface area contributed by atoms with E-state index in [1.807, 2.05) is 0 Å². The van der Waals surface area contributed by atoms with Crippen molar-refractivity contribution in [2.75, 3.05) is 23.7 Å². The van der Waals surface area contributed by atoms with Crippen LogP contribution < -0.4 is 9.62 Å². The first-order chi connectivity index (χ1) is 10.8. The van der Waals surface area contributed by atoms with Gasteiger partial charge in [0.1, 0.15) is 0 Å². The van der Waals surface area contributed by atoms with E-state index in [0.717, 1.165) is 25.5 Å². The van der Waals surface area contributed by atoms with E-state index < -0.39 is 10.0 Å². The van der Waals surface area contributed by atoms with Gasteiger partial charge in [0.05, 0.1) is 11.9 Å². The zero-order valence-electron chi connectivity index (χ0n) is 13.7. The predicted molar refractivity (Wildman–Crippen MR) is 95.4 cm³/mol. The first kappa shape index (κ1) is 19.8. The first-order valence-electron chi connectivity index (χ1n) is 7.84. The van der Waals surface area contributed by atoms with E-state index in [2.05, 4.69) is 12.2 Å². The predicted octanol–water partition coefficient (Wildman–Crippen LogP) is 3.19. The zero-order valence-corrected chi connectivity index (χ0v) is 15.3. The van der Waals surface area contributed by atoms with Crippen molar-refractivity contribution in [3.63, 3.8) is 0 Å². The lowest BCUT2D eigenvalue weighted by Gasteiger charge is -2.22. The third-order valence-electron chi connectivity index (χ3n) is 3.36. The van der Waals surface area contributed by atoms with E-state index in [1.165, 1.54) is 4.31 Å². The maximum Gasteiger partial charge on any atom is 0.232 e. The van der Waals surface area contributed by atoms with Gasteiger partial charge in [-0.05, 0) is 31.0 Å². The number of benzene rings is 1. The molecule has 7 heteroatoms. The second-order valence-electron chi connectivity index (χ2n) is 5.48. The fourth-order valence-corrected chi connectivity index (χ4v) is 3.33. The molecule has 1 N–H and O–H groups in total. The third kappa shape index (κ3) is 7.70. The average Bonchev–Trinajstić information content (AvgIpc) is 2.47. The molecule has 0 heterocycles. The molecule has 1 aromatic carbocycles. The minimum atomic E-state index is -3.41. The molecule has 0 unspecified atom stereocenters. The highest BCUT2D eigenvalue weighted by molar-refractivity contribution is 7.92. The van der Waals surface area contributed by atoms with Crippen LogP contribution in [0.4, 0.5) is 5.69 Å². The molecule has 0 aromatic heterocycles. The fraction of sp³-hybridized carbons (Fsp3) is 0.562. The molecule has 0 saturated carbocycles. The van der Waals surface area contributed by atoms with Gasteiger partial charge in [-0.1, -0.05) is 37.4 Å². The summed E-state index contributed by atoms with van der Waals surface area (Å²) in [5, 5.41) is 3.33. The minimum absolute atomic E-state index is 0.0411. The van der Waals surface area contributed by atoms with Gasteiger partial charge >= 0.3 is 0 Å². The Morgan fingerprint density at radius 3 is 2.61 bits per heavy atom. The smallest absolute Gasteiger partial charge is 0.232 e. The second-order valence-corrected chi connectivity index (χ2v) is 7.82. The van der Waals surface area contributed by atoms with E-state index in [1.54, 1.807) is 24.3 Å². The molecule has 0 aliphatic heterocycles. The van der Waals surface area contributed by atoms with Crippen LogP contribution in [0.1, 0.15) is 39.0 Å². The van der Waals surface area contributed by atoms with Crippen LogP contribution in [-0.2, 0) is 14.8 Å². The molecule has 0 aliphatic carbocycles. The molecular formula is C16H25ClN2O3S. The second kappa shape index (κ2) is 9.78. The van der Waals surface area contributed by atoms with Crippen molar-refractivity contribution in [1.29, 1.82) is 0 Å². The number of amides is 1. The van der Waals surface area contributed by atoms with Gasteiger partial charge in [-0.15, -0.1) is 0 Å². The molecule has 0 spiro atoms. The molecule has 0 atom stereocenters.